The standard InChI is InChI=1S/C19H23FN2S/c1-15-5-8-17(9-6-15)23-21-18-13-16(14-20)7-10-19(18)22-11-3-2-4-12-22/h5-10,13,21H,2-4,11-12,14H2,1H3. The lowest BCUT2D eigenvalue weighted by molar-refractivity contribution is 0.485. The Morgan fingerprint density at radius 3 is 2.48 bits per heavy atom. The molecule has 122 valence electrons. The third-order valence-corrected chi connectivity index (χ3v) is 5.04. The number of nitrogens with zero attached hydrogens (tertiary/aromatic N) is 1. The van der Waals surface area contributed by atoms with E-state index in [1.807, 2.05) is 12.1 Å². The van der Waals surface area contributed by atoms with Crippen LogP contribution in [0.4, 0.5) is 15.8 Å². The van der Waals surface area contributed by atoms with Crippen LogP contribution in [0.1, 0.15) is 30.4 Å². The molecule has 0 atom stereocenters. The number of piperidine rings is 1. The van der Waals surface area contributed by atoms with Crippen molar-refractivity contribution in [3.8, 4) is 0 Å². The molecular weight excluding hydrogens is 307 g/mol. The van der Waals surface area contributed by atoms with Gasteiger partial charge in [-0.3, -0.25) is 0 Å². The fourth-order valence-corrected chi connectivity index (χ4v) is 3.54. The lowest BCUT2D eigenvalue weighted by Gasteiger charge is -2.30. The van der Waals surface area contributed by atoms with Crippen LogP contribution >= 0.6 is 11.9 Å². The third-order valence-electron chi connectivity index (χ3n) is 4.21. The molecule has 4 heteroatoms. The summed E-state index contributed by atoms with van der Waals surface area (Å²) in [5, 5.41) is 0. The Kier molecular flexibility index (Phi) is 5.44. The first kappa shape index (κ1) is 16.2. The van der Waals surface area contributed by atoms with E-state index in [1.54, 1.807) is 11.9 Å². The van der Waals surface area contributed by atoms with Crippen molar-refractivity contribution in [3.05, 3.63) is 53.6 Å². The second-order valence-corrected chi connectivity index (χ2v) is 6.93. The molecule has 1 saturated heterocycles. The Morgan fingerprint density at radius 1 is 1.04 bits per heavy atom. The number of nitrogens with one attached hydrogen (secondary N) is 1. The number of alkyl halides is 1. The van der Waals surface area contributed by atoms with E-state index in [-0.39, 0.29) is 0 Å². The molecular formula is C19H23FN2S. The van der Waals surface area contributed by atoms with Crippen molar-refractivity contribution in [2.24, 2.45) is 0 Å². The zero-order valence-corrected chi connectivity index (χ0v) is 14.3. The molecule has 0 aromatic heterocycles. The van der Waals surface area contributed by atoms with Crippen LogP contribution in [0.15, 0.2) is 47.4 Å². The van der Waals surface area contributed by atoms with E-state index in [9.17, 15) is 4.39 Å². The molecule has 0 unspecified atom stereocenters. The van der Waals surface area contributed by atoms with Crippen molar-refractivity contribution in [1.29, 1.82) is 0 Å². The Morgan fingerprint density at radius 2 is 1.78 bits per heavy atom. The predicted octanol–water partition coefficient (Wildman–Crippen LogP) is 5.57. The molecule has 1 fully saturated rings. The van der Waals surface area contributed by atoms with E-state index in [0.29, 0.717) is 0 Å². The fourth-order valence-electron chi connectivity index (χ4n) is 2.88. The second-order valence-electron chi connectivity index (χ2n) is 6.05. The number of aryl methyl sites for hydroxylation is 1. The fraction of sp³-hybridized carbons (Fsp3) is 0.368. The Labute approximate surface area is 142 Å². The van der Waals surface area contributed by atoms with Crippen LogP contribution < -0.4 is 9.62 Å². The smallest absolute Gasteiger partial charge is 0.115 e. The minimum atomic E-state index is -0.426. The van der Waals surface area contributed by atoms with Crippen LogP contribution in [0.5, 0.6) is 0 Å². The molecule has 0 radical (unpaired) electrons. The molecule has 3 rings (SSSR count). The molecule has 2 nitrogen and oxygen atoms in total. The van der Waals surface area contributed by atoms with Gasteiger partial charge in [-0.1, -0.05) is 23.8 Å². The minimum Gasteiger partial charge on any atom is -0.370 e. The molecule has 0 saturated carbocycles. The monoisotopic (exact) mass is 330 g/mol. The largest absolute Gasteiger partial charge is 0.370 e. The summed E-state index contributed by atoms with van der Waals surface area (Å²) < 4.78 is 16.5. The molecule has 1 aliphatic heterocycles. The van der Waals surface area contributed by atoms with Gasteiger partial charge in [0.2, 0.25) is 0 Å². The molecule has 2 aromatic carbocycles. The van der Waals surface area contributed by atoms with Gasteiger partial charge in [-0.2, -0.15) is 0 Å². The van der Waals surface area contributed by atoms with Crippen LogP contribution in [-0.2, 0) is 6.67 Å². The van der Waals surface area contributed by atoms with Crippen LogP contribution in [0, 0.1) is 6.92 Å². The highest BCUT2D eigenvalue weighted by Gasteiger charge is 2.15. The van der Waals surface area contributed by atoms with Crippen LogP contribution in [-0.4, -0.2) is 13.1 Å². The van der Waals surface area contributed by atoms with E-state index >= 15 is 0 Å². The maximum Gasteiger partial charge on any atom is 0.115 e. The first-order valence-corrected chi connectivity index (χ1v) is 9.01. The Hall–Kier alpha value is -1.68. The number of anilines is 2. The summed E-state index contributed by atoms with van der Waals surface area (Å²) in [4.78, 5) is 3.56. The summed E-state index contributed by atoms with van der Waals surface area (Å²) >= 11 is 1.58. The summed E-state index contributed by atoms with van der Waals surface area (Å²) in [5.41, 5.74) is 4.16. The lowest BCUT2D eigenvalue weighted by atomic mass is 10.1. The molecule has 2 aromatic rings. The number of halogens is 1. The van der Waals surface area contributed by atoms with Crippen molar-refractivity contribution in [2.75, 3.05) is 22.7 Å². The first-order valence-electron chi connectivity index (χ1n) is 8.19. The van der Waals surface area contributed by atoms with E-state index in [0.717, 1.165) is 29.2 Å². The summed E-state index contributed by atoms with van der Waals surface area (Å²) in [5.74, 6) is 0. The van der Waals surface area contributed by atoms with Crippen molar-refractivity contribution >= 4 is 23.3 Å². The van der Waals surface area contributed by atoms with Gasteiger partial charge in [0.15, 0.2) is 0 Å². The molecule has 0 bridgehead atoms. The van der Waals surface area contributed by atoms with E-state index < -0.39 is 6.67 Å². The first-order chi connectivity index (χ1) is 11.3. The van der Waals surface area contributed by atoms with Crippen molar-refractivity contribution in [3.63, 3.8) is 0 Å². The SMILES string of the molecule is Cc1ccc(SNc2cc(CF)ccc2N2CCCCC2)cc1. The van der Waals surface area contributed by atoms with Gasteiger partial charge in [0.25, 0.3) is 0 Å². The van der Waals surface area contributed by atoms with Crippen LogP contribution in [0.2, 0.25) is 0 Å². The van der Waals surface area contributed by atoms with Gasteiger partial charge < -0.3 is 9.62 Å². The van der Waals surface area contributed by atoms with E-state index in [2.05, 4.69) is 46.9 Å². The van der Waals surface area contributed by atoms with Gasteiger partial charge in [0.05, 0.1) is 11.4 Å². The van der Waals surface area contributed by atoms with Crippen LogP contribution in [0.3, 0.4) is 0 Å². The molecule has 0 aliphatic carbocycles. The number of hydrogen-bond acceptors (Lipinski definition) is 3. The van der Waals surface area contributed by atoms with Crippen molar-refractivity contribution in [2.45, 2.75) is 37.8 Å². The summed E-state index contributed by atoms with van der Waals surface area (Å²) in [6.07, 6.45) is 3.77. The second kappa shape index (κ2) is 7.73. The van der Waals surface area contributed by atoms with Gasteiger partial charge in [0, 0.05) is 18.0 Å². The van der Waals surface area contributed by atoms with Gasteiger partial charge in [0.1, 0.15) is 6.67 Å². The summed E-state index contributed by atoms with van der Waals surface area (Å²) in [7, 11) is 0. The van der Waals surface area contributed by atoms with Gasteiger partial charge >= 0.3 is 0 Å². The molecule has 0 spiro atoms. The average Bonchev–Trinajstić information content (AvgIpc) is 2.62. The molecule has 23 heavy (non-hydrogen) atoms. The third kappa shape index (κ3) is 4.20. The van der Waals surface area contributed by atoms with Crippen LogP contribution in [0.25, 0.3) is 0 Å². The average molecular weight is 330 g/mol. The Bertz CT molecular complexity index is 636. The maximum absolute atomic E-state index is 13.0. The minimum absolute atomic E-state index is 0.426. The predicted molar refractivity (Wildman–Crippen MR) is 98.0 cm³/mol. The highest BCUT2D eigenvalue weighted by molar-refractivity contribution is 8.00. The van der Waals surface area contributed by atoms with Gasteiger partial charge in [-0.15, -0.1) is 0 Å². The summed E-state index contributed by atoms with van der Waals surface area (Å²) in [6.45, 7) is 3.82. The molecule has 1 aliphatic rings. The lowest BCUT2D eigenvalue weighted by Crippen LogP contribution is -2.29. The zero-order valence-electron chi connectivity index (χ0n) is 13.5. The zero-order chi connectivity index (χ0) is 16.1. The van der Waals surface area contributed by atoms with Crippen molar-refractivity contribution in [1.82, 2.24) is 0 Å². The topological polar surface area (TPSA) is 15.3 Å². The highest BCUT2D eigenvalue weighted by Crippen LogP contribution is 2.33. The molecule has 1 heterocycles. The normalized spacial score (nSPS) is 14.8. The van der Waals surface area contributed by atoms with Gasteiger partial charge in [-0.25, -0.2) is 4.39 Å². The molecule has 0 amide bonds. The number of rotatable bonds is 5. The number of benzene rings is 2. The number of hydrogen-bond donors (Lipinski definition) is 1. The van der Waals surface area contributed by atoms with Gasteiger partial charge in [-0.05, 0) is 68.0 Å². The maximum atomic E-state index is 13.0. The highest BCUT2D eigenvalue weighted by atomic mass is 32.2. The quantitative estimate of drug-likeness (QED) is 0.721. The Balaban J connectivity index is 1.78. The van der Waals surface area contributed by atoms with Crippen molar-refractivity contribution < 1.29 is 4.39 Å². The van der Waals surface area contributed by atoms with E-state index in [4.69, 9.17) is 0 Å². The van der Waals surface area contributed by atoms with E-state index in [1.165, 1.54) is 30.5 Å². The molecule has 1 N–H and O–H groups in total. The summed E-state index contributed by atoms with van der Waals surface area (Å²) in [6, 6.07) is 14.3.